The molecule has 0 aromatic heterocycles. The Morgan fingerprint density at radius 3 is 2.25 bits per heavy atom. The van der Waals surface area contributed by atoms with Crippen LogP contribution in [0.25, 0.3) is 0 Å². The van der Waals surface area contributed by atoms with E-state index in [0.717, 1.165) is 10.9 Å². The minimum atomic E-state index is -0.544. The summed E-state index contributed by atoms with van der Waals surface area (Å²) >= 11 is 3.35. The summed E-state index contributed by atoms with van der Waals surface area (Å²) in [6, 6.07) is 6.73. The summed E-state index contributed by atoms with van der Waals surface area (Å²) in [6.45, 7) is 6.34. The van der Waals surface area contributed by atoms with Crippen LogP contribution < -0.4 is 10.6 Å². The maximum atomic E-state index is 12.0. The summed E-state index contributed by atoms with van der Waals surface area (Å²) in [5, 5.41) is 6.24. The van der Waals surface area contributed by atoms with E-state index in [1.807, 2.05) is 26.0 Å². The van der Waals surface area contributed by atoms with Gasteiger partial charge in [0.1, 0.15) is 6.04 Å². The van der Waals surface area contributed by atoms with E-state index in [4.69, 9.17) is 0 Å². The molecular weight excluding hydrogens is 320 g/mol. The standard InChI is InChI=1S/C15H21BrN2O2/c1-10(2)9-17-14(19)11(3)18-15(20)13-6-4-12(8-16)5-7-13/h4-7,10-11H,8-9H2,1-3H3,(H,17,19)(H,18,20). The molecule has 2 amide bonds. The van der Waals surface area contributed by atoms with Crippen LogP contribution in [-0.4, -0.2) is 24.4 Å². The van der Waals surface area contributed by atoms with Crippen LogP contribution in [0.1, 0.15) is 36.7 Å². The van der Waals surface area contributed by atoms with Crippen molar-refractivity contribution in [3.05, 3.63) is 35.4 Å². The van der Waals surface area contributed by atoms with E-state index in [-0.39, 0.29) is 11.8 Å². The zero-order valence-corrected chi connectivity index (χ0v) is 13.7. The van der Waals surface area contributed by atoms with E-state index < -0.39 is 6.04 Å². The SMILES string of the molecule is CC(C)CNC(=O)C(C)NC(=O)c1ccc(CBr)cc1. The smallest absolute Gasteiger partial charge is 0.251 e. The third-order valence-corrected chi connectivity index (χ3v) is 3.44. The first kappa shape index (κ1) is 16.7. The molecule has 0 aliphatic heterocycles. The Morgan fingerprint density at radius 1 is 1.15 bits per heavy atom. The van der Waals surface area contributed by atoms with Gasteiger partial charge in [-0.05, 0) is 30.5 Å². The van der Waals surface area contributed by atoms with Crippen molar-refractivity contribution in [2.75, 3.05) is 6.54 Å². The first-order valence-corrected chi connectivity index (χ1v) is 7.79. The molecule has 0 heterocycles. The second kappa shape index (κ2) is 8.04. The number of nitrogens with one attached hydrogen (secondary N) is 2. The summed E-state index contributed by atoms with van der Waals surface area (Å²) in [5.74, 6) is -0.0129. The topological polar surface area (TPSA) is 58.2 Å². The molecule has 110 valence electrons. The van der Waals surface area contributed by atoms with Gasteiger partial charge in [0.25, 0.3) is 5.91 Å². The lowest BCUT2D eigenvalue weighted by Crippen LogP contribution is -2.45. The van der Waals surface area contributed by atoms with E-state index in [1.165, 1.54) is 0 Å². The minimum absolute atomic E-state index is 0.163. The molecule has 0 saturated carbocycles. The highest BCUT2D eigenvalue weighted by atomic mass is 79.9. The van der Waals surface area contributed by atoms with Crippen LogP contribution in [0.4, 0.5) is 0 Å². The quantitative estimate of drug-likeness (QED) is 0.781. The molecule has 2 N–H and O–H groups in total. The van der Waals surface area contributed by atoms with E-state index in [9.17, 15) is 9.59 Å². The van der Waals surface area contributed by atoms with Crippen LogP contribution in [0.15, 0.2) is 24.3 Å². The van der Waals surface area contributed by atoms with Crippen LogP contribution in [0.2, 0.25) is 0 Å². The van der Waals surface area contributed by atoms with E-state index in [1.54, 1.807) is 19.1 Å². The van der Waals surface area contributed by atoms with Gasteiger partial charge in [-0.25, -0.2) is 0 Å². The number of hydrogen-bond donors (Lipinski definition) is 2. The molecule has 1 atom stereocenters. The fourth-order valence-electron chi connectivity index (χ4n) is 1.55. The summed E-state index contributed by atoms with van der Waals surface area (Å²) in [7, 11) is 0. The van der Waals surface area contributed by atoms with Crippen LogP contribution in [0.5, 0.6) is 0 Å². The molecule has 0 saturated heterocycles. The van der Waals surface area contributed by atoms with Gasteiger partial charge in [-0.2, -0.15) is 0 Å². The van der Waals surface area contributed by atoms with Crippen molar-refractivity contribution in [3.8, 4) is 0 Å². The van der Waals surface area contributed by atoms with Crippen molar-refractivity contribution in [1.82, 2.24) is 10.6 Å². The van der Waals surface area contributed by atoms with Crippen LogP contribution in [0.3, 0.4) is 0 Å². The number of halogens is 1. The van der Waals surface area contributed by atoms with Gasteiger partial charge in [0, 0.05) is 17.4 Å². The third-order valence-electron chi connectivity index (χ3n) is 2.80. The molecule has 1 unspecified atom stereocenters. The Labute approximate surface area is 128 Å². The van der Waals surface area contributed by atoms with E-state index >= 15 is 0 Å². The van der Waals surface area contributed by atoms with E-state index in [2.05, 4.69) is 26.6 Å². The molecule has 0 bridgehead atoms. The summed E-state index contributed by atoms with van der Waals surface area (Å²) in [6.07, 6.45) is 0. The lowest BCUT2D eigenvalue weighted by atomic mass is 10.1. The molecule has 1 aromatic rings. The molecule has 0 spiro atoms. The number of hydrogen-bond acceptors (Lipinski definition) is 2. The Morgan fingerprint density at radius 2 is 1.75 bits per heavy atom. The normalized spacial score (nSPS) is 12.1. The molecule has 0 radical (unpaired) electrons. The Balaban J connectivity index is 2.53. The van der Waals surface area contributed by atoms with E-state index in [0.29, 0.717) is 18.0 Å². The lowest BCUT2D eigenvalue weighted by Gasteiger charge is -2.15. The molecular formula is C15H21BrN2O2. The number of amides is 2. The number of carbonyl (C=O) groups excluding carboxylic acids is 2. The average Bonchev–Trinajstić information content (AvgIpc) is 2.44. The molecule has 1 rings (SSSR count). The van der Waals surface area contributed by atoms with Gasteiger partial charge in [-0.15, -0.1) is 0 Å². The van der Waals surface area contributed by atoms with Crippen molar-refractivity contribution in [3.63, 3.8) is 0 Å². The maximum Gasteiger partial charge on any atom is 0.251 e. The van der Waals surface area contributed by atoms with Gasteiger partial charge in [-0.3, -0.25) is 9.59 Å². The van der Waals surface area contributed by atoms with Crippen LogP contribution >= 0.6 is 15.9 Å². The molecule has 0 fully saturated rings. The zero-order chi connectivity index (χ0) is 15.1. The van der Waals surface area contributed by atoms with Crippen LogP contribution in [-0.2, 0) is 10.1 Å². The van der Waals surface area contributed by atoms with Gasteiger partial charge in [0.15, 0.2) is 0 Å². The summed E-state index contributed by atoms with van der Waals surface area (Å²) in [5.41, 5.74) is 1.66. The Kier molecular flexibility index (Phi) is 6.71. The summed E-state index contributed by atoms with van der Waals surface area (Å²) < 4.78 is 0. The first-order chi connectivity index (χ1) is 9.43. The van der Waals surface area contributed by atoms with Crippen molar-refractivity contribution in [1.29, 1.82) is 0 Å². The molecule has 0 aliphatic rings. The second-order valence-corrected chi connectivity index (χ2v) is 5.73. The minimum Gasteiger partial charge on any atom is -0.354 e. The Bertz CT molecular complexity index is 457. The lowest BCUT2D eigenvalue weighted by molar-refractivity contribution is -0.122. The Hall–Kier alpha value is -1.36. The van der Waals surface area contributed by atoms with Gasteiger partial charge >= 0.3 is 0 Å². The largest absolute Gasteiger partial charge is 0.354 e. The predicted octanol–water partition coefficient (Wildman–Crippen LogP) is 2.47. The number of carbonyl (C=O) groups is 2. The maximum absolute atomic E-state index is 12.0. The van der Waals surface area contributed by atoms with Crippen molar-refractivity contribution < 1.29 is 9.59 Å². The van der Waals surface area contributed by atoms with Gasteiger partial charge in [0.2, 0.25) is 5.91 Å². The zero-order valence-electron chi connectivity index (χ0n) is 12.1. The predicted molar refractivity (Wildman–Crippen MR) is 83.8 cm³/mol. The average molecular weight is 341 g/mol. The monoisotopic (exact) mass is 340 g/mol. The summed E-state index contributed by atoms with van der Waals surface area (Å²) in [4.78, 5) is 23.8. The molecule has 20 heavy (non-hydrogen) atoms. The number of alkyl halides is 1. The fraction of sp³-hybridized carbons (Fsp3) is 0.467. The number of rotatable bonds is 6. The molecule has 5 heteroatoms. The highest BCUT2D eigenvalue weighted by Gasteiger charge is 2.16. The van der Waals surface area contributed by atoms with Crippen LogP contribution in [0, 0.1) is 5.92 Å². The molecule has 1 aromatic carbocycles. The van der Waals surface area contributed by atoms with Gasteiger partial charge < -0.3 is 10.6 Å². The van der Waals surface area contributed by atoms with Crippen molar-refractivity contribution >= 4 is 27.7 Å². The highest BCUT2D eigenvalue weighted by molar-refractivity contribution is 9.08. The van der Waals surface area contributed by atoms with Gasteiger partial charge in [-0.1, -0.05) is 41.9 Å². The number of benzene rings is 1. The second-order valence-electron chi connectivity index (χ2n) is 5.16. The fourth-order valence-corrected chi connectivity index (χ4v) is 1.92. The molecule has 4 nitrogen and oxygen atoms in total. The van der Waals surface area contributed by atoms with Crippen molar-refractivity contribution in [2.45, 2.75) is 32.1 Å². The molecule has 0 aliphatic carbocycles. The highest BCUT2D eigenvalue weighted by Crippen LogP contribution is 2.08. The first-order valence-electron chi connectivity index (χ1n) is 6.67. The van der Waals surface area contributed by atoms with Crippen molar-refractivity contribution in [2.24, 2.45) is 5.92 Å². The van der Waals surface area contributed by atoms with Gasteiger partial charge in [0.05, 0.1) is 0 Å². The third kappa shape index (κ3) is 5.33.